The van der Waals surface area contributed by atoms with Crippen LogP contribution in [0.25, 0.3) is 0 Å². The van der Waals surface area contributed by atoms with Crippen molar-refractivity contribution >= 4 is 11.6 Å². The standard InChI is InChI=1S/C19H23N3O2/c1-14-15(2)20-9-8-18(14)19(23)22-12-10-21(11-13-22)16-4-6-17(24-3)7-5-16/h4-9H,10-13H2,1-3H3. The van der Waals surface area contributed by atoms with E-state index < -0.39 is 0 Å². The van der Waals surface area contributed by atoms with E-state index in [0.29, 0.717) is 0 Å². The third-order valence-electron chi connectivity index (χ3n) is 4.69. The number of piperazine rings is 1. The maximum absolute atomic E-state index is 12.8. The molecule has 0 radical (unpaired) electrons. The van der Waals surface area contributed by atoms with Gasteiger partial charge < -0.3 is 14.5 Å². The Morgan fingerprint density at radius 1 is 1.04 bits per heavy atom. The number of ether oxygens (including phenoxy) is 1. The van der Waals surface area contributed by atoms with Crippen molar-refractivity contribution in [1.82, 2.24) is 9.88 Å². The van der Waals surface area contributed by atoms with Crippen LogP contribution in [0.3, 0.4) is 0 Å². The molecule has 1 aromatic heterocycles. The molecule has 0 spiro atoms. The van der Waals surface area contributed by atoms with Crippen molar-refractivity contribution in [3.8, 4) is 5.75 Å². The van der Waals surface area contributed by atoms with Gasteiger partial charge in [-0.3, -0.25) is 9.78 Å². The van der Waals surface area contributed by atoms with E-state index in [0.717, 1.165) is 48.7 Å². The summed E-state index contributed by atoms with van der Waals surface area (Å²) in [6, 6.07) is 9.88. The number of benzene rings is 1. The fourth-order valence-corrected chi connectivity index (χ4v) is 3.00. The second kappa shape index (κ2) is 6.91. The van der Waals surface area contributed by atoms with Crippen molar-refractivity contribution < 1.29 is 9.53 Å². The second-order valence-electron chi connectivity index (χ2n) is 6.05. The normalized spacial score (nSPS) is 14.6. The van der Waals surface area contributed by atoms with Gasteiger partial charge in [0, 0.05) is 49.3 Å². The quantitative estimate of drug-likeness (QED) is 0.870. The zero-order valence-corrected chi connectivity index (χ0v) is 14.5. The molecule has 3 rings (SSSR count). The van der Waals surface area contributed by atoms with Crippen LogP contribution < -0.4 is 9.64 Å². The van der Waals surface area contributed by atoms with E-state index in [-0.39, 0.29) is 5.91 Å². The molecule has 2 heterocycles. The number of carbonyl (C=O) groups is 1. The molecule has 24 heavy (non-hydrogen) atoms. The van der Waals surface area contributed by atoms with Gasteiger partial charge >= 0.3 is 0 Å². The Morgan fingerprint density at radius 3 is 2.33 bits per heavy atom. The summed E-state index contributed by atoms with van der Waals surface area (Å²) in [5.41, 5.74) is 3.82. The maximum Gasteiger partial charge on any atom is 0.254 e. The van der Waals surface area contributed by atoms with Gasteiger partial charge in [-0.1, -0.05) is 0 Å². The molecule has 2 aromatic rings. The number of aromatic nitrogens is 1. The van der Waals surface area contributed by atoms with Crippen molar-refractivity contribution in [2.24, 2.45) is 0 Å². The molecule has 126 valence electrons. The summed E-state index contributed by atoms with van der Waals surface area (Å²) in [6.07, 6.45) is 1.71. The Kier molecular flexibility index (Phi) is 4.69. The van der Waals surface area contributed by atoms with Crippen LogP contribution in [0.4, 0.5) is 5.69 Å². The zero-order valence-electron chi connectivity index (χ0n) is 14.5. The lowest BCUT2D eigenvalue weighted by atomic mass is 10.1. The van der Waals surface area contributed by atoms with E-state index in [2.05, 4.69) is 22.0 Å². The van der Waals surface area contributed by atoms with Gasteiger partial charge in [0.1, 0.15) is 5.75 Å². The largest absolute Gasteiger partial charge is 0.497 e. The molecular weight excluding hydrogens is 302 g/mol. The van der Waals surface area contributed by atoms with Gasteiger partial charge in [0.05, 0.1) is 7.11 Å². The summed E-state index contributed by atoms with van der Waals surface area (Å²) in [7, 11) is 1.67. The van der Waals surface area contributed by atoms with E-state index in [1.165, 1.54) is 5.69 Å². The highest BCUT2D eigenvalue weighted by atomic mass is 16.5. The molecule has 0 atom stereocenters. The molecule has 0 N–H and O–H groups in total. The van der Waals surface area contributed by atoms with Crippen molar-refractivity contribution in [3.63, 3.8) is 0 Å². The molecule has 1 aromatic carbocycles. The van der Waals surface area contributed by atoms with Crippen LogP contribution in [0.5, 0.6) is 5.75 Å². The molecule has 5 heteroatoms. The van der Waals surface area contributed by atoms with Gasteiger partial charge in [0.2, 0.25) is 0 Å². The smallest absolute Gasteiger partial charge is 0.254 e. The van der Waals surface area contributed by atoms with E-state index in [1.807, 2.05) is 36.9 Å². The minimum Gasteiger partial charge on any atom is -0.497 e. The minimum atomic E-state index is 0.104. The van der Waals surface area contributed by atoms with Crippen LogP contribution in [0, 0.1) is 13.8 Å². The summed E-state index contributed by atoms with van der Waals surface area (Å²) in [5.74, 6) is 0.962. The Morgan fingerprint density at radius 2 is 1.71 bits per heavy atom. The lowest BCUT2D eigenvalue weighted by Gasteiger charge is -2.36. The van der Waals surface area contributed by atoms with E-state index in [9.17, 15) is 4.79 Å². The number of carbonyl (C=O) groups excluding carboxylic acids is 1. The number of anilines is 1. The molecule has 5 nitrogen and oxygen atoms in total. The first kappa shape index (κ1) is 16.3. The van der Waals surface area contributed by atoms with Crippen LogP contribution in [0.15, 0.2) is 36.5 Å². The van der Waals surface area contributed by atoms with Crippen molar-refractivity contribution in [1.29, 1.82) is 0 Å². The topological polar surface area (TPSA) is 45.7 Å². The number of aryl methyl sites for hydroxylation is 1. The number of hydrogen-bond donors (Lipinski definition) is 0. The van der Waals surface area contributed by atoms with Crippen LogP contribution >= 0.6 is 0 Å². The van der Waals surface area contributed by atoms with E-state index in [4.69, 9.17) is 4.74 Å². The van der Waals surface area contributed by atoms with Crippen molar-refractivity contribution in [2.45, 2.75) is 13.8 Å². The van der Waals surface area contributed by atoms with Crippen molar-refractivity contribution in [2.75, 3.05) is 38.2 Å². The third kappa shape index (κ3) is 3.20. The average Bonchev–Trinajstić information content (AvgIpc) is 2.64. The summed E-state index contributed by atoms with van der Waals surface area (Å²) in [6.45, 7) is 7.02. The summed E-state index contributed by atoms with van der Waals surface area (Å²) in [5, 5.41) is 0. The van der Waals surface area contributed by atoms with Crippen molar-refractivity contribution in [3.05, 3.63) is 53.3 Å². The summed E-state index contributed by atoms with van der Waals surface area (Å²) < 4.78 is 5.20. The Bertz CT molecular complexity index is 720. The Labute approximate surface area is 142 Å². The SMILES string of the molecule is COc1ccc(N2CCN(C(=O)c3ccnc(C)c3C)CC2)cc1. The Hall–Kier alpha value is -2.56. The van der Waals surface area contributed by atoms with Crippen LogP contribution in [0.1, 0.15) is 21.6 Å². The lowest BCUT2D eigenvalue weighted by Crippen LogP contribution is -2.49. The lowest BCUT2D eigenvalue weighted by molar-refractivity contribution is 0.0746. The van der Waals surface area contributed by atoms with Gasteiger partial charge in [-0.05, 0) is 49.7 Å². The fraction of sp³-hybridized carbons (Fsp3) is 0.368. The predicted octanol–water partition coefficient (Wildman–Crippen LogP) is 2.67. The van der Waals surface area contributed by atoms with Gasteiger partial charge in [0.25, 0.3) is 5.91 Å². The highest BCUT2D eigenvalue weighted by Crippen LogP contribution is 2.21. The fourth-order valence-electron chi connectivity index (χ4n) is 3.00. The number of hydrogen-bond acceptors (Lipinski definition) is 4. The van der Waals surface area contributed by atoms with Gasteiger partial charge in [0.15, 0.2) is 0 Å². The number of methoxy groups -OCH3 is 1. The number of pyridine rings is 1. The molecule has 0 unspecified atom stereocenters. The molecule has 1 saturated heterocycles. The number of nitrogens with zero attached hydrogens (tertiary/aromatic N) is 3. The predicted molar refractivity (Wildman–Crippen MR) is 94.8 cm³/mol. The number of rotatable bonds is 3. The third-order valence-corrected chi connectivity index (χ3v) is 4.69. The van der Waals surface area contributed by atoms with E-state index in [1.54, 1.807) is 13.3 Å². The van der Waals surface area contributed by atoms with Crippen LogP contribution in [0.2, 0.25) is 0 Å². The number of amides is 1. The highest BCUT2D eigenvalue weighted by Gasteiger charge is 2.23. The average molecular weight is 325 g/mol. The first-order valence-corrected chi connectivity index (χ1v) is 8.20. The van der Waals surface area contributed by atoms with Gasteiger partial charge in [-0.15, -0.1) is 0 Å². The molecule has 1 aliphatic rings. The molecular formula is C19H23N3O2. The Balaban J connectivity index is 1.66. The molecule has 0 aliphatic carbocycles. The minimum absolute atomic E-state index is 0.104. The van der Waals surface area contributed by atoms with E-state index >= 15 is 0 Å². The first-order valence-electron chi connectivity index (χ1n) is 8.20. The highest BCUT2D eigenvalue weighted by molar-refractivity contribution is 5.95. The van der Waals surface area contributed by atoms with Gasteiger partial charge in [-0.2, -0.15) is 0 Å². The molecule has 0 bridgehead atoms. The zero-order chi connectivity index (χ0) is 17.1. The molecule has 1 aliphatic heterocycles. The monoisotopic (exact) mass is 325 g/mol. The maximum atomic E-state index is 12.8. The van der Waals surface area contributed by atoms with Crippen LogP contribution in [-0.4, -0.2) is 49.1 Å². The molecule has 0 saturated carbocycles. The summed E-state index contributed by atoms with van der Waals surface area (Å²) >= 11 is 0. The molecule has 1 fully saturated rings. The second-order valence-corrected chi connectivity index (χ2v) is 6.05. The van der Waals surface area contributed by atoms with Gasteiger partial charge in [-0.25, -0.2) is 0 Å². The molecule has 1 amide bonds. The first-order chi connectivity index (χ1) is 11.6. The summed E-state index contributed by atoms with van der Waals surface area (Å²) in [4.78, 5) is 21.2. The van der Waals surface area contributed by atoms with Crippen LogP contribution in [-0.2, 0) is 0 Å².